The Kier molecular flexibility index (Phi) is 4.39. The van der Waals surface area contributed by atoms with Gasteiger partial charge >= 0.3 is 0 Å². The van der Waals surface area contributed by atoms with Crippen molar-refractivity contribution < 1.29 is 4.74 Å². The Morgan fingerprint density at radius 2 is 2.21 bits per heavy atom. The number of methoxy groups -OCH3 is 1. The van der Waals surface area contributed by atoms with Crippen LogP contribution in [0.2, 0.25) is 0 Å². The molecule has 0 atom stereocenters. The van der Waals surface area contributed by atoms with Gasteiger partial charge < -0.3 is 10.5 Å². The van der Waals surface area contributed by atoms with Gasteiger partial charge in [-0.05, 0) is 19.3 Å². The average Bonchev–Trinajstić information content (AvgIpc) is 2.54. The SMILES string of the molecule is CCc1c(N)nnn1CCCCOC. The number of aromatic nitrogens is 3. The topological polar surface area (TPSA) is 66.0 Å². The van der Waals surface area contributed by atoms with Crippen molar-refractivity contribution in [3.8, 4) is 0 Å². The predicted octanol–water partition coefficient (Wildman–Crippen LogP) is 0.849. The number of anilines is 1. The summed E-state index contributed by atoms with van der Waals surface area (Å²) in [5.74, 6) is 0.555. The number of hydrogen-bond acceptors (Lipinski definition) is 4. The molecular weight excluding hydrogens is 180 g/mol. The third-order valence-corrected chi connectivity index (χ3v) is 2.17. The second kappa shape index (κ2) is 5.59. The molecule has 0 saturated heterocycles. The fourth-order valence-electron chi connectivity index (χ4n) is 1.40. The fraction of sp³-hybridized carbons (Fsp3) is 0.778. The summed E-state index contributed by atoms with van der Waals surface area (Å²) in [6, 6.07) is 0. The summed E-state index contributed by atoms with van der Waals surface area (Å²) in [5.41, 5.74) is 6.69. The van der Waals surface area contributed by atoms with Crippen LogP contribution < -0.4 is 5.73 Å². The first kappa shape index (κ1) is 11.0. The lowest BCUT2D eigenvalue weighted by Gasteiger charge is -2.04. The maximum Gasteiger partial charge on any atom is 0.169 e. The summed E-state index contributed by atoms with van der Waals surface area (Å²) in [7, 11) is 1.71. The van der Waals surface area contributed by atoms with E-state index in [0.29, 0.717) is 5.82 Å². The lowest BCUT2D eigenvalue weighted by molar-refractivity contribution is 0.190. The van der Waals surface area contributed by atoms with Gasteiger partial charge in [-0.15, -0.1) is 5.10 Å². The number of ether oxygens (including phenoxy) is 1. The second-order valence-electron chi connectivity index (χ2n) is 3.20. The molecule has 0 aliphatic heterocycles. The lowest BCUT2D eigenvalue weighted by atomic mass is 10.3. The van der Waals surface area contributed by atoms with Crippen LogP contribution in [0.25, 0.3) is 0 Å². The number of nitrogens with two attached hydrogens (primary N) is 1. The number of unbranched alkanes of at least 4 members (excludes halogenated alkanes) is 1. The molecule has 1 aromatic heterocycles. The van der Waals surface area contributed by atoms with E-state index < -0.39 is 0 Å². The highest BCUT2D eigenvalue weighted by atomic mass is 16.5. The highest BCUT2D eigenvalue weighted by Crippen LogP contribution is 2.08. The van der Waals surface area contributed by atoms with Crippen LogP contribution in [0.3, 0.4) is 0 Å². The van der Waals surface area contributed by atoms with E-state index in [-0.39, 0.29) is 0 Å². The summed E-state index contributed by atoms with van der Waals surface area (Å²) in [5, 5.41) is 7.83. The molecule has 0 radical (unpaired) electrons. The van der Waals surface area contributed by atoms with Crippen LogP contribution in [0, 0.1) is 0 Å². The number of nitrogens with zero attached hydrogens (tertiary/aromatic N) is 3. The molecule has 0 fully saturated rings. The van der Waals surface area contributed by atoms with Crippen LogP contribution in [0.4, 0.5) is 5.82 Å². The van der Waals surface area contributed by atoms with Crippen LogP contribution >= 0.6 is 0 Å². The van der Waals surface area contributed by atoms with Crippen molar-refractivity contribution in [1.29, 1.82) is 0 Å². The van der Waals surface area contributed by atoms with E-state index in [1.807, 2.05) is 4.68 Å². The standard InChI is InChI=1S/C9H18N4O/c1-3-8-9(10)11-12-13(8)6-4-5-7-14-2/h3-7,10H2,1-2H3. The van der Waals surface area contributed by atoms with E-state index in [9.17, 15) is 0 Å². The average molecular weight is 198 g/mol. The number of rotatable bonds is 6. The number of hydrogen-bond donors (Lipinski definition) is 1. The molecule has 0 aromatic carbocycles. The Balaban J connectivity index is 2.42. The third-order valence-electron chi connectivity index (χ3n) is 2.17. The highest BCUT2D eigenvalue weighted by molar-refractivity contribution is 5.32. The zero-order valence-corrected chi connectivity index (χ0v) is 8.86. The highest BCUT2D eigenvalue weighted by Gasteiger charge is 2.06. The molecule has 1 rings (SSSR count). The zero-order valence-electron chi connectivity index (χ0n) is 8.86. The zero-order chi connectivity index (χ0) is 10.4. The van der Waals surface area contributed by atoms with Gasteiger partial charge in [-0.1, -0.05) is 12.1 Å². The quantitative estimate of drug-likeness (QED) is 0.688. The maximum absolute atomic E-state index is 5.66. The van der Waals surface area contributed by atoms with E-state index >= 15 is 0 Å². The first-order valence-corrected chi connectivity index (χ1v) is 4.96. The molecule has 5 heteroatoms. The van der Waals surface area contributed by atoms with E-state index in [2.05, 4.69) is 17.2 Å². The van der Waals surface area contributed by atoms with Crippen LogP contribution in [-0.4, -0.2) is 28.7 Å². The van der Waals surface area contributed by atoms with Crippen LogP contribution in [0.5, 0.6) is 0 Å². The van der Waals surface area contributed by atoms with Crippen molar-refractivity contribution in [3.05, 3.63) is 5.69 Å². The van der Waals surface area contributed by atoms with E-state index in [4.69, 9.17) is 10.5 Å². The van der Waals surface area contributed by atoms with Gasteiger partial charge in [-0.2, -0.15) is 0 Å². The Hall–Kier alpha value is -1.10. The molecule has 0 spiro atoms. The van der Waals surface area contributed by atoms with Gasteiger partial charge in [0.25, 0.3) is 0 Å². The minimum absolute atomic E-state index is 0.555. The molecular formula is C9H18N4O. The molecule has 5 nitrogen and oxygen atoms in total. The molecule has 0 bridgehead atoms. The molecule has 2 N–H and O–H groups in total. The van der Waals surface area contributed by atoms with Gasteiger partial charge in [0, 0.05) is 20.3 Å². The fourth-order valence-corrected chi connectivity index (χ4v) is 1.40. The van der Waals surface area contributed by atoms with E-state index in [1.54, 1.807) is 7.11 Å². The number of aryl methyl sites for hydroxylation is 1. The first-order chi connectivity index (χ1) is 6.79. The third kappa shape index (κ3) is 2.70. The maximum atomic E-state index is 5.66. The van der Waals surface area contributed by atoms with E-state index in [0.717, 1.165) is 38.1 Å². The van der Waals surface area contributed by atoms with Gasteiger partial charge in [-0.25, -0.2) is 4.68 Å². The Bertz CT molecular complexity index is 272. The Morgan fingerprint density at radius 3 is 2.86 bits per heavy atom. The van der Waals surface area contributed by atoms with Gasteiger partial charge in [0.05, 0.1) is 5.69 Å². The van der Waals surface area contributed by atoms with Gasteiger partial charge in [-0.3, -0.25) is 0 Å². The molecule has 1 aromatic rings. The minimum Gasteiger partial charge on any atom is -0.385 e. The molecule has 0 aliphatic carbocycles. The van der Waals surface area contributed by atoms with Crippen LogP contribution in [-0.2, 0) is 17.7 Å². The largest absolute Gasteiger partial charge is 0.385 e. The summed E-state index contributed by atoms with van der Waals surface area (Å²) in [6.45, 7) is 3.73. The first-order valence-electron chi connectivity index (χ1n) is 4.96. The van der Waals surface area contributed by atoms with Crippen molar-refractivity contribution in [2.24, 2.45) is 0 Å². The van der Waals surface area contributed by atoms with Crippen molar-refractivity contribution in [2.75, 3.05) is 19.5 Å². The second-order valence-corrected chi connectivity index (χ2v) is 3.20. The molecule has 14 heavy (non-hydrogen) atoms. The molecule has 80 valence electrons. The summed E-state index contributed by atoms with van der Waals surface area (Å²) >= 11 is 0. The smallest absolute Gasteiger partial charge is 0.169 e. The Morgan fingerprint density at radius 1 is 1.43 bits per heavy atom. The van der Waals surface area contributed by atoms with Crippen LogP contribution in [0.15, 0.2) is 0 Å². The molecule has 0 unspecified atom stereocenters. The molecule has 0 aliphatic rings. The van der Waals surface area contributed by atoms with Crippen molar-refractivity contribution in [3.63, 3.8) is 0 Å². The van der Waals surface area contributed by atoms with Crippen molar-refractivity contribution in [2.45, 2.75) is 32.7 Å². The summed E-state index contributed by atoms with van der Waals surface area (Å²) < 4.78 is 6.85. The predicted molar refractivity (Wildman–Crippen MR) is 54.9 cm³/mol. The van der Waals surface area contributed by atoms with Gasteiger partial charge in [0.15, 0.2) is 5.82 Å². The Labute approximate surface area is 84.2 Å². The monoisotopic (exact) mass is 198 g/mol. The van der Waals surface area contributed by atoms with Crippen LogP contribution in [0.1, 0.15) is 25.5 Å². The van der Waals surface area contributed by atoms with E-state index in [1.165, 1.54) is 0 Å². The number of nitrogen functional groups attached to an aromatic ring is 1. The molecule has 0 amide bonds. The normalized spacial score (nSPS) is 10.7. The van der Waals surface area contributed by atoms with Crippen molar-refractivity contribution in [1.82, 2.24) is 15.0 Å². The van der Waals surface area contributed by atoms with Gasteiger partial charge in [0.2, 0.25) is 0 Å². The lowest BCUT2D eigenvalue weighted by Crippen LogP contribution is -2.06. The van der Waals surface area contributed by atoms with Gasteiger partial charge in [0.1, 0.15) is 0 Å². The summed E-state index contributed by atoms with van der Waals surface area (Å²) in [4.78, 5) is 0. The molecule has 0 saturated carbocycles. The van der Waals surface area contributed by atoms with Crippen molar-refractivity contribution >= 4 is 5.82 Å². The summed E-state index contributed by atoms with van der Waals surface area (Å²) in [6.07, 6.45) is 2.96. The molecule has 1 heterocycles. The minimum atomic E-state index is 0.555.